The van der Waals surface area contributed by atoms with E-state index in [9.17, 15) is 0 Å². The summed E-state index contributed by atoms with van der Waals surface area (Å²) in [6.07, 6.45) is 5.26. The van der Waals surface area contributed by atoms with Crippen molar-refractivity contribution in [3.05, 3.63) is 42.0 Å². The summed E-state index contributed by atoms with van der Waals surface area (Å²) in [5.74, 6) is 0. The molecular formula is C12H18N2. The SMILES string of the molecule is CNC(C)C=CCc1cccc(N)c1. The molecule has 0 saturated carbocycles. The third-order valence-corrected chi connectivity index (χ3v) is 2.18. The van der Waals surface area contributed by atoms with Crippen molar-refractivity contribution in [2.45, 2.75) is 19.4 Å². The lowest BCUT2D eigenvalue weighted by molar-refractivity contribution is 0.727. The molecule has 2 heteroatoms. The molecule has 1 aromatic carbocycles. The van der Waals surface area contributed by atoms with Gasteiger partial charge in [-0.1, -0.05) is 24.3 Å². The third kappa shape index (κ3) is 3.62. The maximum Gasteiger partial charge on any atom is 0.0316 e. The topological polar surface area (TPSA) is 38.0 Å². The average Bonchev–Trinajstić information content (AvgIpc) is 2.17. The van der Waals surface area contributed by atoms with E-state index in [0.717, 1.165) is 12.1 Å². The van der Waals surface area contributed by atoms with Crippen molar-refractivity contribution in [2.24, 2.45) is 0 Å². The Kier molecular flexibility index (Phi) is 4.20. The van der Waals surface area contributed by atoms with Crippen LogP contribution < -0.4 is 11.1 Å². The van der Waals surface area contributed by atoms with E-state index in [1.54, 1.807) is 0 Å². The minimum Gasteiger partial charge on any atom is -0.399 e. The minimum absolute atomic E-state index is 0.427. The first-order valence-electron chi connectivity index (χ1n) is 4.90. The van der Waals surface area contributed by atoms with Crippen molar-refractivity contribution >= 4 is 5.69 Å². The van der Waals surface area contributed by atoms with E-state index in [-0.39, 0.29) is 0 Å². The van der Waals surface area contributed by atoms with Crippen molar-refractivity contribution in [2.75, 3.05) is 12.8 Å². The van der Waals surface area contributed by atoms with Gasteiger partial charge >= 0.3 is 0 Å². The Morgan fingerprint density at radius 1 is 1.50 bits per heavy atom. The molecule has 0 fully saturated rings. The van der Waals surface area contributed by atoms with Crippen molar-refractivity contribution in [1.29, 1.82) is 0 Å². The Morgan fingerprint density at radius 2 is 2.29 bits per heavy atom. The van der Waals surface area contributed by atoms with Crippen molar-refractivity contribution in [3.63, 3.8) is 0 Å². The summed E-state index contributed by atoms with van der Waals surface area (Å²) in [4.78, 5) is 0. The molecule has 0 aliphatic heterocycles. The van der Waals surface area contributed by atoms with E-state index in [1.165, 1.54) is 5.56 Å². The van der Waals surface area contributed by atoms with Crippen LogP contribution in [0.4, 0.5) is 5.69 Å². The van der Waals surface area contributed by atoms with Gasteiger partial charge in [-0.25, -0.2) is 0 Å². The molecule has 0 saturated heterocycles. The van der Waals surface area contributed by atoms with E-state index in [1.807, 2.05) is 25.2 Å². The van der Waals surface area contributed by atoms with Gasteiger partial charge in [-0.05, 0) is 38.1 Å². The van der Waals surface area contributed by atoms with Crippen molar-refractivity contribution in [1.82, 2.24) is 5.32 Å². The summed E-state index contributed by atoms with van der Waals surface area (Å²) in [5, 5.41) is 3.15. The number of anilines is 1. The Morgan fingerprint density at radius 3 is 2.93 bits per heavy atom. The van der Waals surface area contributed by atoms with Gasteiger partial charge in [0.15, 0.2) is 0 Å². The summed E-state index contributed by atoms with van der Waals surface area (Å²) in [6, 6.07) is 8.42. The first kappa shape index (κ1) is 10.8. The molecule has 1 atom stereocenters. The maximum atomic E-state index is 5.68. The Balaban J connectivity index is 2.49. The molecule has 76 valence electrons. The fourth-order valence-electron chi connectivity index (χ4n) is 1.22. The molecular weight excluding hydrogens is 172 g/mol. The number of benzene rings is 1. The summed E-state index contributed by atoms with van der Waals surface area (Å²) in [7, 11) is 1.95. The van der Waals surface area contributed by atoms with E-state index in [2.05, 4.69) is 30.5 Å². The number of nitrogens with two attached hydrogens (primary N) is 1. The number of allylic oxidation sites excluding steroid dienone is 1. The van der Waals surface area contributed by atoms with E-state index in [4.69, 9.17) is 5.73 Å². The van der Waals surface area contributed by atoms with Gasteiger partial charge < -0.3 is 11.1 Å². The lowest BCUT2D eigenvalue weighted by Crippen LogP contribution is -2.17. The highest BCUT2D eigenvalue weighted by molar-refractivity contribution is 5.41. The van der Waals surface area contributed by atoms with Crippen LogP contribution in [0, 0.1) is 0 Å². The number of nitrogens with one attached hydrogen (secondary N) is 1. The molecule has 0 heterocycles. The van der Waals surface area contributed by atoms with Gasteiger partial charge in [0, 0.05) is 11.7 Å². The van der Waals surface area contributed by atoms with Crippen molar-refractivity contribution in [3.8, 4) is 0 Å². The number of nitrogen functional groups attached to an aromatic ring is 1. The van der Waals surface area contributed by atoms with Crippen LogP contribution in [0.1, 0.15) is 12.5 Å². The largest absolute Gasteiger partial charge is 0.399 e. The molecule has 1 unspecified atom stereocenters. The van der Waals surface area contributed by atoms with Crippen LogP contribution >= 0.6 is 0 Å². The second-order valence-electron chi connectivity index (χ2n) is 3.45. The molecule has 0 aliphatic rings. The lowest BCUT2D eigenvalue weighted by atomic mass is 10.1. The highest BCUT2D eigenvalue weighted by Crippen LogP contribution is 2.07. The highest BCUT2D eigenvalue weighted by Gasteiger charge is 1.91. The zero-order chi connectivity index (χ0) is 10.4. The highest BCUT2D eigenvalue weighted by atomic mass is 14.8. The summed E-state index contributed by atoms with van der Waals surface area (Å²) in [6.45, 7) is 2.12. The summed E-state index contributed by atoms with van der Waals surface area (Å²) < 4.78 is 0. The molecule has 0 aromatic heterocycles. The second-order valence-corrected chi connectivity index (χ2v) is 3.45. The van der Waals surface area contributed by atoms with Crippen LogP contribution in [0.25, 0.3) is 0 Å². The molecule has 0 bridgehead atoms. The standard InChI is InChI=1S/C12H18N2/c1-10(14-2)5-3-6-11-7-4-8-12(13)9-11/h3-5,7-10,14H,6,13H2,1-2H3. The molecule has 0 radical (unpaired) electrons. The molecule has 1 aromatic rings. The smallest absolute Gasteiger partial charge is 0.0316 e. The van der Waals surface area contributed by atoms with Crippen LogP contribution in [0.2, 0.25) is 0 Å². The first-order valence-corrected chi connectivity index (χ1v) is 4.90. The predicted octanol–water partition coefficient (Wildman–Crippen LogP) is 1.98. The molecule has 0 amide bonds. The molecule has 0 spiro atoms. The zero-order valence-electron chi connectivity index (χ0n) is 8.83. The summed E-state index contributed by atoms with van der Waals surface area (Å²) in [5.41, 5.74) is 7.77. The van der Waals surface area contributed by atoms with Crippen LogP contribution in [0.3, 0.4) is 0 Å². The molecule has 3 N–H and O–H groups in total. The van der Waals surface area contributed by atoms with Gasteiger partial charge in [0.05, 0.1) is 0 Å². The number of likely N-dealkylation sites (N-methyl/N-ethyl adjacent to an activating group) is 1. The van der Waals surface area contributed by atoms with Gasteiger partial charge in [0.25, 0.3) is 0 Å². The van der Waals surface area contributed by atoms with Gasteiger partial charge in [0.2, 0.25) is 0 Å². The Labute approximate surface area is 85.8 Å². The number of hydrogen-bond acceptors (Lipinski definition) is 2. The number of hydrogen-bond donors (Lipinski definition) is 2. The van der Waals surface area contributed by atoms with Crippen LogP contribution in [-0.2, 0) is 6.42 Å². The van der Waals surface area contributed by atoms with E-state index >= 15 is 0 Å². The van der Waals surface area contributed by atoms with Gasteiger partial charge in [-0.15, -0.1) is 0 Å². The van der Waals surface area contributed by atoms with Gasteiger partial charge in [-0.3, -0.25) is 0 Å². The molecule has 14 heavy (non-hydrogen) atoms. The zero-order valence-corrected chi connectivity index (χ0v) is 8.83. The van der Waals surface area contributed by atoms with E-state index < -0.39 is 0 Å². The molecule has 0 aliphatic carbocycles. The second kappa shape index (κ2) is 5.45. The fraction of sp³-hybridized carbons (Fsp3) is 0.333. The predicted molar refractivity (Wildman–Crippen MR) is 62.2 cm³/mol. The molecule has 2 nitrogen and oxygen atoms in total. The monoisotopic (exact) mass is 190 g/mol. The number of rotatable bonds is 4. The van der Waals surface area contributed by atoms with Gasteiger partial charge in [0.1, 0.15) is 0 Å². The lowest BCUT2D eigenvalue weighted by Gasteiger charge is -2.02. The average molecular weight is 190 g/mol. The normalized spacial score (nSPS) is 13.3. The van der Waals surface area contributed by atoms with Gasteiger partial charge in [-0.2, -0.15) is 0 Å². The minimum atomic E-state index is 0.427. The Bertz CT molecular complexity index is 305. The fourth-order valence-corrected chi connectivity index (χ4v) is 1.22. The van der Waals surface area contributed by atoms with Crippen molar-refractivity contribution < 1.29 is 0 Å². The maximum absolute atomic E-state index is 5.68. The van der Waals surface area contributed by atoms with Crippen LogP contribution in [0.15, 0.2) is 36.4 Å². The summed E-state index contributed by atoms with van der Waals surface area (Å²) >= 11 is 0. The quantitative estimate of drug-likeness (QED) is 0.563. The molecule has 1 rings (SSSR count). The third-order valence-electron chi connectivity index (χ3n) is 2.18. The Hall–Kier alpha value is -1.28. The van der Waals surface area contributed by atoms with Crippen LogP contribution in [-0.4, -0.2) is 13.1 Å². The van der Waals surface area contributed by atoms with Crippen LogP contribution in [0.5, 0.6) is 0 Å². The first-order chi connectivity index (χ1) is 6.72. The van der Waals surface area contributed by atoms with E-state index in [0.29, 0.717) is 6.04 Å².